The summed E-state index contributed by atoms with van der Waals surface area (Å²) in [5.41, 5.74) is 0. The third-order valence-corrected chi connectivity index (χ3v) is 7.97. The highest BCUT2D eigenvalue weighted by molar-refractivity contribution is 8.23. The number of rotatable bonds is 7. The van der Waals surface area contributed by atoms with Crippen molar-refractivity contribution in [2.24, 2.45) is 11.8 Å². The van der Waals surface area contributed by atoms with E-state index in [0.29, 0.717) is 0 Å². The minimum absolute atomic E-state index is 0.794. The molecule has 0 N–H and O–H groups in total. The second-order valence-corrected chi connectivity index (χ2v) is 11.1. The Labute approximate surface area is 156 Å². The standard InChI is InChI=1S/C19H40B2S2/c1-6-22-20-18-11-7-9-17(15(2)3)10-8-12-19(14-13-18)21-23-16(4)5/h15-21H,6-14H2,1-5H3. The number of hydrogen-bond donors (Lipinski definition) is 0. The first-order valence-corrected chi connectivity index (χ1v) is 12.4. The number of hydrogen-bond acceptors (Lipinski definition) is 2. The molecule has 0 amide bonds. The zero-order valence-corrected chi connectivity index (χ0v) is 18.1. The first-order chi connectivity index (χ1) is 11.0. The van der Waals surface area contributed by atoms with Gasteiger partial charge in [0.1, 0.15) is 0 Å². The molecule has 1 aliphatic carbocycles. The summed E-state index contributed by atoms with van der Waals surface area (Å²) in [4.78, 5) is 0. The fraction of sp³-hybridized carbons (Fsp3) is 1.00. The van der Waals surface area contributed by atoms with Gasteiger partial charge in [0.15, 0.2) is 13.1 Å². The van der Waals surface area contributed by atoms with E-state index in [9.17, 15) is 0 Å². The fourth-order valence-corrected chi connectivity index (χ4v) is 5.75. The first kappa shape index (κ1) is 21.9. The van der Waals surface area contributed by atoms with Gasteiger partial charge in [0.05, 0.1) is 0 Å². The Hall–Kier alpha value is 0.830. The third-order valence-electron chi connectivity index (χ3n) is 5.52. The zero-order valence-electron chi connectivity index (χ0n) is 16.5. The molecule has 3 unspecified atom stereocenters. The van der Waals surface area contributed by atoms with Crippen molar-refractivity contribution in [2.45, 2.75) is 103 Å². The second kappa shape index (κ2) is 13.1. The predicted molar refractivity (Wildman–Crippen MR) is 118 cm³/mol. The van der Waals surface area contributed by atoms with Crippen LogP contribution in [-0.4, -0.2) is 24.1 Å². The topological polar surface area (TPSA) is 0 Å². The molecule has 1 aliphatic rings. The highest BCUT2D eigenvalue weighted by atomic mass is 32.2. The van der Waals surface area contributed by atoms with Crippen molar-refractivity contribution in [1.29, 1.82) is 0 Å². The van der Waals surface area contributed by atoms with Gasteiger partial charge in [-0.15, -0.1) is 0 Å². The fourth-order valence-electron chi connectivity index (χ4n) is 3.85. The molecular weight excluding hydrogens is 314 g/mol. The molecule has 1 fully saturated rings. The molecule has 0 bridgehead atoms. The van der Waals surface area contributed by atoms with Gasteiger partial charge >= 0.3 is 0 Å². The van der Waals surface area contributed by atoms with Gasteiger partial charge in [-0.2, -0.15) is 0 Å². The lowest BCUT2D eigenvalue weighted by Crippen LogP contribution is -2.10. The lowest BCUT2D eigenvalue weighted by atomic mass is 9.72. The Bertz CT molecular complexity index is 285. The molecule has 0 spiro atoms. The molecule has 4 heteroatoms. The summed E-state index contributed by atoms with van der Waals surface area (Å²) >= 11 is 4.36. The van der Waals surface area contributed by atoms with E-state index in [2.05, 4.69) is 57.8 Å². The van der Waals surface area contributed by atoms with E-state index in [0.717, 1.165) is 28.7 Å². The maximum Gasteiger partial charge on any atom is 0.195 e. The molecule has 1 rings (SSSR count). The van der Waals surface area contributed by atoms with Crippen molar-refractivity contribution in [3.63, 3.8) is 0 Å². The van der Waals surface area contributed by atoms with E-state index in [1.54, 1.807) is 0 Å². The Morgan fingerprint density at radius 3 is 1.87 bits per heavy atom. The van der Waals surface area contributed by atoms with E-state index < -0.39 is 0 Å². The maximum atomic E-state index is 2.45. The van der Waals surface area contributed by atoms with Crippen molar-refractivity contribution in [3.05, 3.63) is 0 Å². The van der Waals surface area contributed by atoms with Crippen LogP contribution in [0.1, 0.15) is 86.0 Å². The normalized spacial score (nSPS) is 27.7. The summed E-state index contributed by atoms with van der Waals surface area (Å²) in [5.74, 6) is 5.10. The van der Waals surface area contributed by atoms with E-state index in [4.69, 9.17) is 0 Å². The van der Waals surface area contributed by atoms with Crippen LogP contribution in [0.4, 0.5) is 0 Å². The van der Waals surface area contributed by atoms with Crippen molar-refractivity contribution in [1.82, 2.24) is 0 Å². The van der Waals surface area contributed by atoms with Crippen LogP contribution in [0.25, 0.3) is 0 Å². The van der Waals surface area contributed by atoms with E-state index in [1.165, 1.54) is 70.2 Å². The van der Waals surface area contributed by atoms with Gasteiger partial charge in [-0.1, -0.05) is 97.6 Å². The average Bonchev–Trinajstić information content (AvgIpc) is 2.55. The van der Waals surface area contributed by atoms with Crippen LogP contribution in [0.3, 0.4) is 0 Å². The predicted octanol–water partition coefficient (Wildman–Crippen LogP) is 6.57. The highest BCUT2D eigenvalue weighted by Gasteiger charge is 2.21. The minimum atomic E-state index is 0.794. The molecule has 0 aromatic carbocycles. The average molecular weight is 354 g/mol. The second-order valence-electron chi connectivity index (χ2n) is 8.22. The summed E-state index contributed by atoms with van der Waals surface area (Å²) in [7, 11) is 0. The summed E-state index contributed by atoms with van der Waals surface area (Å²) < 4.78 is 0. The van der Waals surface area contributed by atoms with Gasteiger partial charge in [-0.25, -0.2) is 23.2 Å². The lowest BCUT2D eigenvalue weighted by Gasteiger charge is -2.21. The van der Waals surface area contributed by atoms with Gasteiger partial charge < -0.3 is 0 Å². The largest absolute Gasteiger partial charge is 0.215 e. The molecular formula is C19H40B2S2. The van der Waals surface area contributed by atoms with Crippen LogP contribution in [0, 0.1) is 11.8 Å². The zero-order chi connectivity index (χ0) is 17.1. The molecule has 0 nitrogen and oxygen atoms in total. The molecule has 0 aromatic heterocycles. The van der Waals surface area contributed by atoms with E-state index in [1.807, 2.05) is 0 Å². The molecule has 134 valence electrons. The molecule has 3 atom stereocenters. The molecule has 0 aliphatic heterocycles. The minimum Gasteiger partial charge on any atom is -0.215 e. The summed E-state index contributed by atoms with van der Waals surface area (Å²) in [6.07, 6.45) is 11.9. The van der Waals surface area contributed by atoms with Crippen LogP contribution in [0.5, 0.6) is 0 Å². The highest BCUT2D eigenvalue weighted by Crippen LogP contribution is 2.36. The lowest BCUT2D eigenvalue weighted by molar-refractivity contribution is 0.317. The molecule has 0 aromatic rings. The van der Waals surface area contributed by atoms with Gasteiger partial charge in [-0.3, -0.25) is 0 Å². The van der Waals surface area contributed by atoms with Gasteiger partial charge in [0.25, 0.3) is 0 Å². The SMILES string of the molecule is CCSBC1CCCC(C(C)C)CCCC(BSC(C)C)CC1. The Balaban J connectivity index is 2.58. The van der Waals surface area contributed by atoms with Gasteiger partial charge in [-0.05, 0) is 22.8 Å². The van der Waals surface area contributed by atoms with Crippen molar-refractivity contribution in [3.8, 4) is 0 Å². The van der Waals surface area contributed by atoms with E-state index in [-0.39, 0.29) is 0 Å². The Kier molecular flexibility index (Phi) is 12.4. The monoisotopic (exact) mass is 354 g/mol. The van der Waals surface area contributed by atoms with Crippen LogP contribution >= 0.6 is 23.2 Å². The van der Waals surface area contributed by atoms with Crippen LogP contribution in [0.2, 0.25) is 11.6 Å². The summed E-state index contributed by atoms with van der Waals surface area (Å²) in [6.45, 7) is 14.7. The van der Waals surface area contributed by atoms with Crippen LogP contribution in [0.15, 0.2) is 0 Å². The van der Waals surface area contributed by atoms with Crippen LogP contribution in [-0.2, 0) is 0 Å². The van der Waals surface area contributed by atoms with Crippen LogP contribution < -0.4 is 0 Å². The quantitative estimate of drug-likeness (QED) is 0.474. The smallest absolute Gasteiger partial charge is 0.195 e. The van der Waals surface area contributed by atoms with Gasteiger partial charge in [0, 0.05) is 0 Å². The molecule has 0 saturated heterocycles. The molecule has 0 heterocycles. The third kappa shape index (κ3) is 10.4. The Morgan fingerprint density at radius 1 is 0.826 bits per heavy atom. The Morgan fingerprint density at radius 2 is 1.39 bits per heavy atom. The van der Waals surface area contributed by atoms with Crippen molar-refractivity contribution >= 4 is 36.3 Å². The maximum absolute atomic E-state index is 2.45. The van der Waals surface area contributed by atoms with E-state index >= 15 is 0 Å². The van der Waals surface area contributed by atoms with Crippen molar-refractivity contribution < 1.29 is 0 Å². The van der Waals surface area contributed by atoms with Gasteiger partial charge in [0.2, 0.25) is 0 Å². The van der Waals surface area contributed by atoms with Crippen molar-refractivity contribution in [2.75, 3.05) is 5.75 Å². The summed E-state index contributed by atoms with van der Waals surface area (Å²) in [5, 5.41) is 0.794. The summed E-state index contributed by atoms with van der Waals surface area (Å²) in [6, 6.07) is 0. The first-order valence-electron chi connectivity index (χ1n) is 10.2. The molecule has 1 saturated carbocycles. The molecule has 23 heavy (non-hydrogen) atoms. The molecule has 0 radical (unpaired) electrons.